The molecule has 3 aliphatic rings. The molecule has 3 heterocycles. The number of hydrogen-bond acceptors (Lipinski definition) is 5. The van der Waals surface area contributed by atoms with Gasteiger partial charge in [0.05, 0.1) is 29.1 Å². The van der Waals surface area contributed by atoms with Gasteiger partial charge >= 0.3 is 0 Å². The van der Waals surface area contributed by atoms with Gasteiger partial charge < -0.3 is 9.80 Å². The van der Waals surface area contributed by atoms with Crippen LogP contribution in [-0.4, -0.2) is 58.7 Å². The second kappa shape index (κ2) is 9.95. The zero-order valence-corrected chi connectivity index (χ0v) is 19.6. The van der Waals surface area contributed by atoms with Crippen LogP contribution in [0.4, 0.5) is 5.69 Å². The summed E-state index contributed by atoms with van der Waals surface area (Å²) in [6, 6.07) is 10.9. The lowest BCUT2D eigenvalue weighted by atomic mass is 9.86. The molecule has 2 aromatic rings. The topological polar surface area (TPSA) is 73.8 Å². The van der Waals surface area contributed by atoms with Crippen LogP contribution in [0, 0.1) is 5.92 Å². The Morgan fingerprint density at radius 1 is 0.912 bits per heavy atom. The van der Waals surface area contributed by atoms with E-state index in [4.69, 9.17) is 0 Å². The van der Waals surface area contributed by atoms with E-state index in [0.29, 0.717) is 55.3 Å². The van der Waals surface area contributed by atoms with Gasteiger partial charge in [0.2, 0.25) is 5.91 Å². The molecule has 7 nitrogen and oxygen atoms in total. The first-order chi connectivity index (χ1) is 16.6. The highest BCUT2D eigenvalue weighted by Gasteiger charge is 2.39. The van der Waals surface area contributed by atoms with Gasteiger partial charge in [-0.15, -0.1) is 0 Å². The Kier molecular flexibility index (Phi) is 6.61. The lowest BCUT2D eigenvalue weighted by Crippen LogP contribution is -2.49. The lowest BCUT2D eigenvalue weighted by molar-refractivity contribution is -0.131. The van der Waals surface area contributed by atoms with Crippen LogP contribution < -0.4 is 4.90 Å². The first-order valence-corrected chi connectivity index (χ1v) is 12.5. The minimum Gasteiger partial charge on any atom is -0.367 e. The largest absolute Gasteiger partial charge is 0.367 e. The van der Waals surface area contributed by atoms with E-state index < -0.39 is 0 Å². The molecule has 2 fully saturated rings. The summed E-state index contributed by atoms with van der Waals surface area (Å²) in [5.74, 6) is 0.413. The second-order valence-electron chi connectivity index (χ2n) is 9.63. The van der Waals surface area contributed by atoms with Crippen molar-refractivity contribution >= 4 is 23.4 Å². The number of amides is 3. The van der Waals surface area contributed by atoms with Crippen molar-refractivity contribution in [3.8, 4) is 0 Å². The van der Waals surface area contributed by atoms with Crippen LogP contribution in [0.15, 0.2) is 42.6 Å². The SMILES string of the molecule is O=C(CCC1CCCCC1)N1CCN(c2cccc3c2C(=O)N(Cc2ccccn2)C3=O)CC1. The number of carbonyl (C=O) groups is 3. The molecule has 0 spiro atoms. The quantitative estimate of drug-likeness (QED) is 0.612. The van der Waals surface area contributed by atoms with Crippen molar-refractivity contribution in [1.29, 1.82) is 0 Å². The molecule has 1 saturated carbocycles. The number of aromatic nitrogens is 1. The number of benzene rings is 1. The first kappa shape index (κ1) is 22.6. The molecule has 1 aliphatic carbocycles. The van der Waals surface area contributed by atoms with Crippen LogP contribution in [0.1, 0.15) is 71.4 Å². The predicted octanol–water partition coefficient (Wildman–Crippen LogP) is 3.89. The number of nitrogens with zero attached hydrogens (tertiary/aromatic N) is 4. The van der Waals surface area contributed by atoms with Gasteiger partial charge in [-0.1, -0.05) is 44.2 Å². The number of fused-ring (bicyclic) bond motifs is 1. The number of anilines is 1. The molecule has 34 heavy (non-hydrogen) atoms. The van der Waals surface area contributed by atoms with E-state index in [1.165, 1.54) is 37.0 Å². The van der Waals surface area contributed by atoms with E-state index in [0.717, 1.165) is 12.1 Å². The molecule has 5 rings (SSSR count). The molecule has 0 N–H and O–H groups in total. The summed E-state index contributed by atoms with van der Waals surface area (Å²) in [7, 11) is 0. The van der Waals surface area contributed by atoms with Gasteiger partial charge in [0.1, 0.15) is 0 Å². The van der Waals surface area contributed by atoms with Gasteiger partial charge in [-0.3, -0.25) is 24.3 Å². The highest BCUT2D eigenvalue weighted by molar-refractivity contribution is 6.23. The minimum atomic E-state index is -0.274. The Morgan fingerprint density at radius 2 is 1.71 bits per heavy atom. The zero-order chi connectivity index (χ0) is 23.5. The van der Waals surface area contributed by atoms with Crippen molar-refractivity contribution in [2.75, 3.05) is 31.1 Å². The smallest absolute Gasteiger partial charge is 0.264 e. The molecule has 1 saturated heterocycles. The summed E-state index contributed by atoms with van der Waals surface area (Å²) in [6.45, 7) is 2.77. The Morgan fingerprint density at radius 3 is 2.44 bits per heavy atom. The summed E-state index contributed by atoms with van der Waals surface area (Å²) in [5, 5.41) is 0. The Hall–Kier alpha value is -3.22. The number of rotatable bonds is 6. The molecule has 1 aromatic carbocycles. The van der Waals surface area contributed by atoms with E-state index in [9.17, 15) is 14.4 Å². The molecule has 0 bridgehead atoms. The number of imide groups is 1. The molecule has 3 amide bonds. The standard InChI is InChI=1S/C27H32N4O3/c32-24(13-12-20-7-2-1-3-8-20)30-17-15-29(16-18-30)23-11-6-10-22-25(23)27(34)31(26(22)33)19-21-9-4-5-14-28-21/h4-6,9-11,14,20H,1-3,7-8,12-13,15-19H2. The Balaban J connectivity index is 1.22. The maximum atomic E-state index is 13.3. The average molecular weight is 461 g/mol. The molecule has 178 valence electrons. The fraction of sp³-hybridized carbons (Fsp3) is 0.481. The van der Waals surface area contributed by atoms with Crippen LogP contribution in [0.25, 0.3) is 0 Å². The van der Waals surface area contributed by atoms with Gasteiger partial charge in [-0.2, -0.15) is 0 Å². The van der Waals surface area contributed by atoms with E-state index in [-0.39, 0.29) is 24.3 Å². The summed E-state index contributed by atoms with van der Waals surface area (Å²) < 4.78 is 0. The van der Waals surface area contributed by atoms with Crippen molar-refractivity contribution < 1.29 is 14.4 Å². The predicted molar refractivity (Wildman–Crippen MR) is 129 cm³/mol. The highest BCUT2D eigenvalue weighted by Crippen LogP contribution is 2.33. The fourth-order valence-corrected chi connectivity index (χ4v) is 5.53. The average Bonchev–Trinajstić information content (AvgIpc) is 3.13. The first-order valence-electron chi connectivity index (χ1n) is 12.5. The van der Waals surface area contributed by atoms with E-state index in [1.807, 2.05) is 35.2 Å². The minimum absolute atomic E-state index is 0.163. The third kappa shape index (κ3) is 4.56. The molecule has 0 unspecified atom stereocenters. The Bertz CT molecular complexity index is 1060. The summed E-state index contributed by atoms with van der Waals surface area (Å²) in [6.07, 6.45) is 9.79. The molecular formula is C27H32N4O3. The summed E-state index contributed by atoms with van der Waals surface area (Å²) >= 11 is 0. The van der Waals surface area contributed by atoms with E-state index >= 15 is 0 Å². The molecule has 0 radical (unpaired) electrons. The van der Waals surface area contributed by atoms with Gasteiger partial charge in [-0.25, -0.2) is 0 Å². The molecule has 0 atom stereocenters. The van der Waals surface area contributed by atoms with Crippen LogP contribution in [0.3, 0.4) is 0 Å². The normalized spacial score (nSPS) is 19.0. The summed E-state index contributed by atoms with van der Waals surface area (Å²) in [4.78, 5) is 48.7. The monoisotopic (exact) mass is 460 g/mol. The number of hydrogen-bond donors (Lipinski definition) is 0. The molecule has 7 heteroatoms. The maximum absolute atomic E-state index is 13.3. The third-order valence-electron chi connectivity index (χ3n) is 7.49. The van der Waals surface area contributed by atoms with Crippen LogP contribution in [0.2, 0.25) is 0 Å². The zero-order valence-electron chi connectivity index (χ0n) is 19.6. The summed E-state index contributed by atoms with van der Waals surface area (Å²) in [5.41, 5.74) is 2.39. The Labute approximate surface area is 200 Å². The van der Waals surface area contributed by atoms with Crippen LogP contribution in [0.5, 0.6) is 0 Å². The fourth-order valence-electron chi connectivity index (χ4n) is 5.53. The van der Waals surface area contributed by atoms with Crippen LogP contribution >= 0.6 is 0 Å². The molecule has 1 aromatic heterocycles. The van der Waals surface area contributed by atoms with Crippen molar-refractivity contribution in [2.24, 2.45) is 5.92 Å². The van der Waals surface area contributed by atoms with E-state index in [2.05, 4.69) is 9.88 Å². The molecule has 2 aliphatic heterocycles. The third-order valence-corrected chi connectivity index (χ3v) is 7.49. The van der Waals surface area contributed by atoms with Crippen LogP contribution in [-0.2, 0) is 11.3 Å². The van der Waals surface area contributed by atoms with Gasteiger partial charge in [0, 0.05) is 38.8 Å². The van der Waals surface area contributed by atoms with Crippen molar-refractivity contribution in [3.05, 3.63) is 59.4 Å². The number of carbonyl (C=O) groups excluding carboxylic acids is 3. The lowest BCUT2D eigenvalue weighted by Gasteiger charge is -2.37. The van der Waals surface area contributed by atoms with Crippen molar-refractivity contribution in [1.82, 2.24) is 14.8 Å². The van der Waals surface area contributed by atoms with Gasteiger partial charge in [0.15, 0.2) is 0 Å². The van der Waals surface area contributed by atoms with E-state index in [1.54, 1.807) is 12.3 Å². The van der Waals surface area contributed by atoms with Crippen molar-refractivity contribution in [2.45, 2.75) is 51.5 Å². The molecular weight excluding hydrogens is 428 g/mol. The van der Waals surface area contributed by atoms with Gasteiger partial charge in [0.25, 0.3) is 11.8 Å². The highest BCUT2D eigenvalue weighted by atomic mass is 16.2. The maximum Gasteiger partial charge on any atom is 0.264 e. The van der Waals surface area contributed by atoms with Crippen molar-refractivity contribution in [3.63, 3.8) is 0 Å². The van der Waals surface area contributed by atoms with Gasteiger partial charge in [-0.05, 0) is 36.6 Å². The second-order valence-corrected chi connectivity index (χ2v) is 9.63. The number of piperazine rings is 1. The number of pyridine rings is 1.